The van der Waals surface area contributed by atoms with Crippen molar-refractivity contribution in [3.05, 3.63) is 0 Å². The summed E-state index contributed by atoms with van der Waals surface area (Å²) in [5, 5.41) is 8.34. The van der Waals surface area contributed by atoms with Gasteiger partial charge in [0, 0.05) is 12.9 Å². The molecule has 0 heterocycles. The Hall–Kier alpha value is -0.220. The average Bonchev–Trinajstić information content (AvgIpc) is 1.97. The van der Waals surface area contributed by atoms with Crippen LogP contribution in [0.1, 0.15) is 13.3 Å². The summed E-state index contributed by atoms with van der Waals surface area (Å²) >= 11 is 1.43. The third-order valence-corrected chi connectivity index (χ3v) is 2.59. The maximum Gasteiger partial charge on any atom is 0.316 e. The Morgan fingerprint density at radius 2 is 2.36 bits per heavy atom. The normalized spacial score (nSPS) is 12.9. The first-order chi connectivity index (χ1) is 5.22. The van der Waals surface area contributed by atoms with E-state index in [-0.39, 0.29) is 5.25 Å². The maximum absolute atomic E-state index is 10.5. The van der Waals surface area contributed by atoms with E-state index in [1.54, 1.807) is 7.11 Å². The minimum atomic E-state index is -0.728. The van der Waals surface area contributed by atoms with Gasteiger partial charge in [0.25, 0.3) is 0 Å². The van der Waals surface area contributed by atoms with Crippen LogP contribution < -0.4 is 0 Å². The van der Waals surface area contributed by atoms with Crippen LogP contribution in [0, 0.1) is 0 Å². The standard InChI is InChI=1S/C7H14O3S/c1-3-6(7(8)9)11-5-4-10-2/h6H,3-5H2,1-2H3,(H,8,9). The van der Waals surface area contributed by atoms with Gasteiger partial charge in [0.15, 0.2) is 0 Å². The molecule has 0 aromatic heterocycles. The van der Waals surface area contributed by atoms with Crippen molar-refractivity contribution < 1.29 is 14.6 Å². The summed E-state index contributed by atoms with van der Waals surface area (Å²) in [5.74, 6) is 0.0232. The smallest absolute Gasteiger partial charge is 0.316 e. The SMILES string of the molecule is CCC(SCCOC)C(=O)O. The molecule has 0 aliphatic heterocycles. The molecule has 1 unspecified atom stereocenters. The molecule has 0 saturated carbocycles. The van der Waals surface area contributed by atoms with E-state index in [0.29, 0.717) is 13.0 Å². The fraction of sp³-hybridized carbons (Fsp3) is 0.857. The highest BCUT2D eigenvalue weighted by Crippen LogP contribution is 2.13. The molecule has 0 radical (unpaired) electrons. The molecule has 0 bridgehead atoms. The lowest BCUT2D eigenvalue weighted by Gasteiger charge is -2.07. The summed E-state index contributed by atoms with van der Waals surface area (Å²) in [5.41, 5.74) is 0. The van der Waals surface area contributed by atoms with Crippen LogP contribution in [-0.2, 0) is 9.53 Å². The minimum absolute atomic E-state index is 0.273. The number of hydrogen-bond donors (Lipinski definition) is 1. The number of carboxylic acid groups (broad SMARTS) is 1. The lowest BCUT2D eigenvalue weighted by atomic mass is 10.3. The Bertz CT molecular complexity index is 116. The zero-order valence-electron chi connectivity index (χ0n) is 6.87. The third kappa shape index (κ3) is 5.09. The van der Waals surface area contributed by atoms with Crippen LogP contribution in [0.3, 0.4) is 0 Å². The van der Waals surface area contributed by atoms with Gasteiger partial charge in [-0.1, -0.05) is 6.92 Å². The van der Waals surface area contributed by atoms with Gasteiger partial charge in [0.2, 0.25) is 0 Å². The number of methoxy groups -OCH3 is 1. The molecule has 1 atom stereocenters. The molecular weight excluding hydrogens is 164 g/mol. The zero-order valence-corrected chi connectivity index (χ0v) is 7.69. The molecule has 3 nitrogen and oxygen atoms in total. The van der Waals surface area contributed by atoms with Crippen LogP contribution in [0.4, 0.5) is 0 Å². The predicted octanol–water partition coefficient (Wildman–Crippen LogP) is 1.23. The summed E-state index contributed by atoms with van der Waals surface area (Å²) in [6.45, 7) is 2.49. The number of carbonyl (C=O) groups is 1. The Labute approximate surface area is 71.1 Å². The number of rotatable bonds is 6. The molecule has 0 amide bonds. The number of aliphatic carboxylic acids is 1. The second-order valence-corrected chi connectivity index (χ2v) is 3.41. The van der Waals surface area contributed by atoms with Crippen molar-refractivity contribution in [3.8, 4) is 0 Å². The van der Waals surface area contributed by atoms with Crippen LogP contribution in [0.2, 0.25) is 0 Å². The number of hydrogen-bond acceptors (Lipinski definition) is 3. The van der Waals surface area contributed by atoms with Crippen molar-refractivity contribution in [1.29, 1.82) is 0 Å². The fourth-order valence-corrected chi connectivity index (χ4v) is 1.56. The molecule has 0 aromatic rings. The fourth-order valence-electron chi connectivity index (χ4n) is 0.637. The van der Waals surface area contributed by atoms with Crippen LogP contribution in [0.25, 0.3) is 0 Å². The largest absolute Gasteiger partial charge is 0.480 e. The second kappa shape index (κ2) is 6.49. The van der Waals surface area contributed by atoms with Gasteiger partial charge in [-0.3, -0.25) is 4.79 Å². The van der Waals surface area contributed by atoms with Crippen molar-refractivity contribution in [2.24, 2.45) is 0 Å². The number of thioether (sulfide) groups is 1. The molecular formula is C7H14O3S. The van der Waals surface area contributed by atoms with E-state index in [2.05, 4.69) is 0 Å². The van der Waals surface area contributed by atoms with Gasteiger partial charge in [-0.2, -0.15) is 0 Å². The summed E-state index contributed by atoms with van der Waals surface area (Å²) < 4.78 is 4.80. The first kappa shape index (κ1) is 10.8. The van der Waals surface area contributed by atoms with Gasteiger partial charge >= 0.3 is 5.97 Å². The van der Waals surface area contributed by atoms with Crippen molar-refractivity contribution >= 4 is 17.7 Å². The molecule has 0 saturated heterocycles. The summed E-state index contributed by atoms with van der Waals surface area (Å²) in [7, 11) is 1.61. The Balaban J connectivity index is 3.44. The van der Waals surface area contributed by atoms with Crippen molar-refractivity contribution in [2.45, 2.75) is 18.6 Å². The first-order valence-electron chi connectivity index (χ1n) is 3.55. The van der Waals surface area contributed by atoms with Gasteiger partial charge in [-0.25, -0.2) is 0 Å². The quantitative estimate of drug-likeness (QED) is 0.621. The monoisotopic (exact) mass is 178 g/mol. The summed E-state index contributed by atoms with van der Waals surface area (Å²) in [6.07, 6.45) is 0.670. The van der Waals surface area contributed by atoms with Gasteiger partial charge in [0.1, 0.15) is 5.25 Å². The molecule has 11 heavy (non-hydrogen) atoms. The molecule has 1 N–H and O–H groups in total. The van der Waals surface area contributed by atoms with E-state index < -0.39 is 5.97 Å². The molecule has 0 rings (SSSR count). The molecule has 0 aliphatic rings. The van der Waals surface area contributed by atoms with Crippen molar-refractivity contribution in [2.75, 3.05) is 19.5 Å². The highest BCUT2D eigenvalue weighted by atomic mass is 32.2. The van der Waals surface area contributed by atoms with Crippen LogP contribution >= 0.6 is 11.8 Å². The van der Waals surface area contributed by atoms with Gasteiger partial charge in [-0.05, 0) is 6.42 Å². The van der Waals surface area contributed by atoms with Crippen LogP contribution in [-0.4, -0.2) is 35.8 Å². The second-order valence-electron chi connectivity index (χ2n) is 2.10. The highest BCUT2D eigenvalue weighted by Gasteiger charge is 2.14. The van der Waals surface area contributed by atoms with Crippen molar-refractivity contribution in [1.82, 2.24) is 0 Å². The molecule has 66 valence electrons. The molecule has 0 aliphatic carbocycles. The molecule has 0 spiro atoms. The lowest BCUT2D eigenvalue weighted by molar-refractivity contribution is -0.136. The van der Waals surface area contributed by atoms with Crippen LogP contribution in [0.5, 0.6) is 0 Å². The van der Waals surface area contributed by atoms with Gasteiger partial charge in [0.05, 0.1) is 6.61 Å². The zero-order chi connectivity index (χ0) is 8.69. The van der Waals surface area contributed by atoms with E-state index in [0.717, 1.165) is 5.75 Å². The minimum Gasteiger partial charge on any atom is -0.480 e. The first-order valence-corrected chi connectivity index (χ1v) is 4.60. The Morgan fingerprint density at radius 1 is 1.73 bits per heavy atom. The summed E-state index contributed by atoms with van der Waals surface area (Å²) in [4.78, 5) is 10.5. The van der Waals surface area contributed by atoms with E-state index in [4.69, 9.17) is 9.84 Å². The summed E-state index contributed by atoms with van der Waals surface area (Å²) in [6, 6.07) is 0. The van der Waals surface area contributed by atoms with E-state index >= 15 is 0 Å². The van der Waals surface area contributed by atoms with Gasteiger partial charge in [-0.15, -0.1) is 11.8 Å². The van der Waals surface area contributed by atoms with E-state index in [1.165, 1.54) is 11.8 Å². The molecule has 4 heteroatoms. The van der Waals surface area contributed by atoms with E-state index in [1.807, 2.05) is 6.92 Å². The molecule has 0 aromatic carbocycles. The predicted molar refractivity (Wildman–Crippen MR) is 46.0 cm³/mol. The third-order valence-electron chi connectivity index (χ3n) is 1.25. The van der Waals surface area contributed by atoms with Crippen molar-refractivity contribution in [3.63, 3.8) is 0 Å². The Morgan fingerprint density at radius 3 is 2.73 bits per heavy atom. The number of carboxylic acids is 1. The Kier molecular flexibility index (Phi) is 6.36. The average molecular weight is 178 g/mol. The van der Waals surface area contributed by atoms with Gasteiger partial charge < -0.3 is 9.84 Å². The topological polar surface area (TPSA) is 46.5 Å². The van der Waals surface area contributed by atoms with E-state index in [9.17, 15) is 4.79 Å². The number of ether oxygens (including phenoxy) is 1. The lowest BCUT2D eigenvalue weighted by Crippen LogP contribution is -2.16. The highest BCUT2D eigenvalue weighted by molar-refractivity contribution is 8.00. The maximum atomic E-state index is 10.5. The van der Waals surface area contributed by atoms with Crippen LogP contribution in [0.15, 0.2) is 0 Å². The molecule has 0 fully saturated rings.